The van der Waals surface area contributed by atoms with Crippen LogP contribution in [0.3, 0.4) is 0 Å². The van der Waals surface area contributed by atoms with Crippen molar-refractivity contribution in [2.45, 2.75) is 0 Å². The van der Waals surface area contributed by atoms with Crippen LogP contribution in [0, 0.1) is 0 Å². The van der Waals surface area contributed by atoms with Gasteiger partial charge in [-0.15, -0.1) is 0 Å². The largest absolute Gasteiger partial charge is 0.420 e. The van der Waals surface area contributed by atoms with Gasteiger partial charge >= 0.3 is 17.3 Å². The van der Waals surface area contributed by atoms with Crippen LogP contribution in [0.2, 0.25) is 0 Å². The molecule has 0 aliphatic carbocycles. The van der Waals surface area contributed by atoms with Gasteiger partial charge in [-0.05, 0) is 12.1 Å². The van der Waals surface area contributed by atoms with Crippen molar-refractivity contribution >= 4 is 17.3 Å². The van der Waals surface area contributed by atoms with Gasteiger partial charge in [0.2, 0.25) is 0 Å². The van der Waals surface area contributed by atoms with Crippen LogP contribution in [-0.4, -0.2) is 16.7 Å². The highest BCUT2D eigenvalue weighted by Gasteiger charge is 2.08. The van der Waals surface area contributed by atoms with E-state index in [1.807, 2.05) is 0 Å². The molecular weight excluding hydrogens is 206 g/mol. The second-order valence-electron chi connectivity index (χ2n) is 2.26. The monoisotopic (exact) mass is 215 g/mol. The van der Waals surface area contributed by atoms with Gasteiger partial charge in [-0.3, -0.25) is 0 Å². The molecule has 0 heterocycles. The average Bonchev–Trinajstić information content (AvgIpc) is 2.19. The Kier molecular flexibility index (Phi) is 4.09. The molecule has 0 aliphatic heterocycles. The first-order chi connectivity index (χ1) is 6.72. The van der Waals surface area contributed by atoms with E-state index in [0.29, 0.717) is 5.75 Å². The third kappa shape index (κ3) is 3.55. The maximum absolute atomic E-state index is 11.0. The molecule has 0 saturated heterocycles. The Morgan fingerprint density at radius 2 is 2.00 bits per heavy atom. The maximum atomic E-state index is 11.0. The maximum Gasteiger partial charge on any atom is 0.420 e. The standard InChI is InChI=1S/C8H9NO4S/c9-6-8(10)13-14(11)12-7-4-2-1-3-5-7/h1-5H,6,9H2. The minimum atomic E-state index is -2.13. The van der Waals surface area contributed by atoms with Gasteiger partial charge in [0.1, 0.15) is 5.75 Å². The fourth-order valence-corrected chi connectivity index (χ4v) is 1.20. The Bertz CT molecular complexity index is 327. The van der Waals surface area contributed by atoms with E-state index in [9.17, 15) is 9.00 Å². The van der Waals surface area contributed by atoms with Gasteiger partial charge in [-0.2, -0.15) is 4.21 Å². The number of benzene rings is 1. The molecule has 0 aromatic heterocycles. The van der Waals surface area contributed by atoms with Gasteiger partial charge in [0, 0.05) is 0 Å². The summed E-state index contributed by atoms with van der Waals surface area (Å²) in [4.78, 5) is 10.6. The molecule has 2 N–H and O–H groups in total. The summed E-state index contributed by atoms with van der Waals surface area (Å²) >= 11 is -2.13. The smallest absolute Gasteiger partial charge is 0.371 e. The summed E-state index contributed by atoms with van der Waals surface area (Å²) in [5, 5.41) is 0. The molecule has 14 heavy (non-hydrogen) atoms. The van der Waals surface area contributed by atoms with E-state index in [1.54, 1.807) is 30.3 Å². The van der Waals surface area contributed by atoms with Crippen LogP contribution < -0.4 is 9.92 Å². The summed E-state index contributed by atoms with van der Waals surface area (Å²) in [5.74, 6) is -0.421. The van der Waals surface area contributed by atoms with E-state index < -0.39 is 17.3 Å². The first kappa shape index (κ1) is 10.7. The van der Waals surface area contributed by atoms with Crippen molar-refractivity contribution in [1.82, 2.24) is 0 Å². The fraction of sp³-hybridized carbons (Fsp3) is 0.125. The second kappa shape index (κ2) is 5.36. The van der Waals surface area contributed by atoms with Gasteiger partial charge in [-0.1, -0.05) is 18.2 Å². The van der Waals surface area contributed by atoms with Crippen LogP contribution in [-0.2, 0) is 20.3 Å². The topological polar surface area (TPSA) is 78.6 Å². The molecule has 0 fully saturated rings. The van der Waals surface area contributed by atoms with Crippen LogP contribution in [0.1, 0.15) is 0 Å². The van der Waals surface area contributed by atoms with Crippen molar-refractivity contribution in [2.24, 2.45) is 5.73 Å². The van der Waals surface area contributed by atoms with Gasteiger partial charge in [0.05, 0.1) is 6.54 Å². The number of rotatable bonds is 4. The Hall–Kier alpha value is -1.40. The SMILES string of the molecule is NCC(=O)OS(=O)Oc1ccccc1. The Morgan fingerprint density at radius 3 is 2.57 bits per heavy atom. The van der Waals surface area contributed by atoms with E-state index in [0.717, 1.165) is 0 Å². The minimum Gasteiger partial charge on any atom is -0.371 e. The predicted octanol–water partition coefficient (Wildman–Crippen LogP) is 0.146. The van der Waals surface area contributed by atoms with Crippen LogP contribution in [0.25, 0.3) is 0 Å². The quantitative estimate of drug-likeness (QED) is 0.773. The molecule has 1 aromatic rings. The zero-order valence-corrected chi connectivity index (χ0v) is 8.03. The number of para-hydroxylation sites is 1. The van der Waals surface area contributed by atoms with Gasteiger partial charge < -0.3 is 14.1 Å². The first-order valence-electron chi connectivity index (χ1n) is 3.78. The lowest BCUT2D eigenvalue weighted by molar-refractivity contribution is -0.132. The molecular formula is C8H9NO4S. The van der Waals surface area contributed by atoms with E-state index in [4.69, 9.17) is 9.92 Å². The third-order valence-electron chi connectivity index (χ3n) is 1.24. The lowest BCUT2D eigenvalue weighted by Crippen LogP contribution is -2.19. The summed E-state index contributed by atoms with van der Waals surface area (Å²) in [7, 11) is 0. The molecule has 1 aromatic carbocycles. The number of hydrogen-bond donors (Lipinski definition) is 1. The van der Waals surface area contributed by atoms with Crippen molar-refractivity contribution in [3.8, 4) is 5.75 Å². The van der Waals surface area contributed by atoms with Gasteiger partial charge in [0.15, 0.2) is 0 Å². The zero-order chi connectivity index (χ0) is 10.4. The van der Waals surface area contributed by atoms with E-state index in [1.165, 1.54) is 0 Å². The Morgan fingerprint density at radius 1 is 1.36 bits per heavy atom. The molecule has 0 saturated carbocycles. The van der Waals surface area contributed by atoms with Crippen molar-refractivity contribution in [3.63, 3.8) is 0 Å². The van der Waals surface area contributed by atoms with Crippen molar-refractivity contribution in [2.75, 3.05) is 6.54 Å². The number of nitrogens with two attached hydrogens (primary N) is 1. The lowest BCUT2D eigenvalue weighted by Gasteiger charge is -2.02. The Labute approximate surface area is 83.7 Å². The molecule has 0 bridgehead atoms. The molecule has 0 radical (unpaired) electrons. The molecule has 5 nitrogen and oxygen atoms in total. The fourth-order valence-electron chi connectivity index (χ4n) is 0.682. The van der Waals surface area contributed by atoms with E-state index >= 15 is 0 Å². The highest BCUT2D eigenvalue weighted by atomic mass is 32.2. The highest BCUT2D eigenvalue weighted by Crippen LogP contribution is 2.10. The summed E-state index contributed by atoms with van der Waals surface area (Å²) in [5.41, 5.74) is 4.95. The molecule has 0 spiro atoms. The van der Waals surface area contributed by atoms with Crippen LogP contribution in [0.5, 0.6) is 5.75 Å². The van der Waals surface area contributed by atoms with Crippen molar-refractivity contribution in [3.05, 3.63) is 30.3 Å². The average molecular weight is 215 g/mol. The summed E-state index contributed by atoms with van der Waals surface area (Å²) in [6, 6.07) is 8.37. The highest BCUT2D eigenvalue weighted by molar-refractivity contribution is 7.76. The third-order valence-corrected chi connectivity index (χ3v) is 1.89. The van der Waals surface area contributed by atoms with Gasteiger partial charge in [-0.25, -0.2) is 4.79 Å². The van der Waals surface area contributed by atoms with Crippen LogP contribution in [0.4, 0.5) is 0 Å². The van der Waals surface area contributed by atoms with Crippen LogP contribution >= 0.6 is 0 Å². The molecule has 1 rings (SSSR count). The number of carbonyl (C=O) groups is 1. The second-order valence-corrected chi connectivity index (χ2v) is 3.00. The summed E-state index contributed by atoms with van der Waals surface area (Å²) in [6.45, 7) is -0.329. The minimum absolute atomic E-state index is 0.329. The normalized spacial score (nSPS) is 11.8. The zero-order valence-electron chi connectivity index (χ0n) is 7.21. The lowest BCUT2D eigenvalue weighted by atomic mass is 10.3. The molecule has 1 atom stereocenters. The molecule has 6 heteroatoms. The van der Waals surface area contributed by atoms with Crippen molar-refractivity contribution in [1.29, 1.82) is 0 Å². The van der Waals surface area contributed by atoms with Crippen LogP contribution in [0.15, 0.2) is 30.3 Å². The molecule has 1 unspecified atom stereocenters. The van der Waals surface area contributed by atoms with Crippen molar-refractivity contribution < 1.29 is 17.4 Å². The number of carbonyl (C=O) groups excluding carboxylic acids is 1. The van der Waals surface area contributed by atoms with E-state index in [-0.39, 0.29) is 6.54 Å². The van der Waals surface area contributed by atoms with Gasteiger partial charge in [0.25, 0.3) is 0 Å². The predicted molar refractivity (Wildman–Crippen MR) is 50.4 cm³/mol. The summed E-state index contributed by atoms with van der Waals surface area (Å²) < 4.78 is 20.0. The summed E-state index contributed by atoms with van der Waals surface area (Å²) in [6.07, 6.45) is 0. The molecule has 0 amide bonds. The molecule has 76 valence electrons. The number of hydrogen-bond acceptors (Lipinski definition) is 5. The first-order valence-corrected chi connectivity index (χ1v) is 4.78. The van der Waals surface area contributed by atoms with E-state index in [2.05, 4.69) is 4.18 Å². The molecule has 0 aliphatic rings. The Balaban J connectivity index is 2.46.